The molecule has 8 rings (SSSR count). The number of nitrogens with zero attached hydrogens (tertiary/aromatic N) is 8. The van der Waals surface area contributed by atoms with E-state index in [1.807, 2.05) is 63.2 Å². The third kappa shape index (κ3) is 40.3. The number of ketones is 3. The van der Waals surface area contributed by atoms with Gasteiger partial charge < -0.3 is 5.11 Å². The van der Waals surface area contributed by atoms with Crippen LogP contribution in [0.25, 0.3) is 0 Å². The Kier molecular flexibility index (Phi) is 41.1. The Morgan fingerprint density at radius 2 is 0.463 bits per heavy atom. The first-order valence-corrected chi connectivity index (χ1v) is 42.2. The summed E-state index contributed by atoms with van der Waals surface area (Å²) in [6, 6.07) is 31.5. The van der Waals surface area contributed by atoms with E-state index in [2.05, 4.69) is 377 Å². The van der Waals surface area contributed by atoms with Crippen molar-refractivity contribution in [2.24, 2.45) is 0 Å². The zero-order valence-electron chi connectivity index (χ0n) is 69.7. The van der Waals surface area contributed by atoms with Gasteiger partial charge in [0.05, 0.1) is 6.42 Å². The number of halogens is 8. The largest absolute Gasteiger partial charge is 0.481 e. The lowest BCUT2D eigenvalue weighted by Gasteiger charge is -2.18. The minimum Gasteiger partial charge on any atom is -0.481 e. The fourth-order valence-corrected chi connectivity index (χ4v) is 12.9. The molecule has 1 N–H and O–H groups in total. The van der Waals surface area contributed by atoms with Gasteiger partial charge in [0.2, 0.25) is 0 Å². The molecule has 0 aliphatic carbocycles. The Morgan fingerprint density at radius 1 is 0.278 bits per heavy atom. The monoisotopic (exact) mass is 1990 g/mol. The van der Waals surface area contributed by atoms with Crippen LogP contribution in [0.2, 0.25) is 0 Å². The van der Waals surface area contributed by atoms with Crippen LogP contribution >= 0.6 is 127 Å². The van der Waals surface area contributed by atoms with E-state index in [1.54, 1.807) is 39.0 Å². The minimum absolute atomic E-state index is 0.00925. The maximum absolute atomic E-state index is 11.2. The van der Waals surface area contributed by atoms with E-state index in [0.717, 1.165) is 102 Å². The highest BCUT2D eigenvalue weighted by Crippen LogP contribution is 2.31. The van der Waals surface area contributed by atoms with E-state index in [9.17, 15) is 19.2 Å². The fourth-order valence-electron chi connectivity index (χ4n) is 9.00. The molecular formula is C87H118Br8N8O5. The topological polar surface area (TPSA) is 192 Å². The normalized spacial score (nSPS) is 11.6. The van der Waals surface area contributed by atoms with Crippen molar-refractivity contribution < 1.29 is 24.3 Å². The van der Waals surface area contributed by atoms with Crippen molar-refractivity contribution in [3.8, 4) is 0 Å². The number of hydrogen-bond donors (Lipinski definition) is 1. The van der Waals surface area contributed by atoms with E-state index in [0.29, 0.717) is 22.2 Å². The van der Waals surface area contributed by atoms with Crippen molar-refractivity contribution >= 4 is 151 Å². The van der Waals surface area contributed by atoms with Crippen LogP contribution in [0.1, 0.15) is 300 Å². The molecule has 0 aliphatic heterocycles. The third-order valence-electron chi connectivity index (χ3n) is 15.5. The van der Waals surface area contributed by atoms with Gasteiger partial charge in [-0.05, 0) is 305 Å². The Labute approximate surface area is 715 Å². The molecule has 0 spiro atoms. The van der Waals surface area contributed by atoms with Gasteiger partial charge in [-0.25, -0.2) is 39.9 Å². The Hall–Kier alpha value is -4.48. The number of aryl methyl sites for hydroxylation is 4. The molecule has 8 aromatic rings. The molecule has 13 nitrogen and oxygen atoms in total. The number of rotatable bonds is 8. The second-order valence-electron chi connectivity index (χ2n) is 34.8. The highest BCUT2D eigenvalue weighted by atomic mass is 79.9. The molecule has 0 saturated heterocycles. The zero-order chi connectivity index (χ0) is 84.0. The first-order chi connectivity index (χ1) is 48.8. The van der Waals surface area contributed by atoms with Crippen molar-refractivity contribution in [1.29, 1.82) is 0 Å². The van der Waals surface area contributed by atoms with Crippen molar-refractivity contribution in [3.63, 3.8) is 0 Å². The number of pyridine rings is 8. The van der Waals surface area contributed by atoms with E-state index in [1.165, 1.54) is 22.3 Å². The highest BCUT2D eigenvalue weighted by molar-refractivity contribution is 9.11. The summed E-state index contributed by atoms with van der Waals surface area (Å²) >= 11 is 26.9. The number of aromatic nitrogens is 8. The van der Waals surface area contributed by atoms with Crippen molar-refractivity contribution in [2.45, 2.75) is 284 Å². The number of carboxylic acid groups (broad SMARTS) is 1. The summed E-state index contributed by atoms with van der Waals surface area (Å²) in [4.78, 5) is 79.4. The van der Waals surface area contributed by atoms with Crippen LogP contribution in [0, 0.1) is 13.8 Å². The lowest BCUT2D eigenvalue weighted by atomic mass is 9.90. The number of carbonyl (C=O) groups is 4. The maximum Gasteiger partial charge on any atom is 0.307 e. The van der Waals surface area contributed by atoms with Gasteiger partial charge in [-0.2, -0.15) is 0 Å². The second kappa shape index (κ2) is 43.7. The van der Waals surface area contributed by atoms with Gasteiger partial charge in [-0.15, -0.1) is 0 Å². The highest BCUT2D eigenvalue weighted by Gasteiger charge is 2.24. The predicted octanol–water partition coefficient (Wildman–Crippen LogP) is 27.0. The molecule has 0 fully saturated rings. The molecule has 8 aromatic heterocycles. The fraction of sp³-hybridized carbons (Fsp3) is 0.494. The molecule has 592 valence electrons. The van der Waals surface area contributed by atoms with E-state index in [4.69, 9.17) is 5.11 Å². The second-order valence-corrected chi connectivity index (χ2v) is 41.3. The number of aliphatic carboxylic acids is 1. The molecule has 108 heavy (non-hydrogen) atoms. The number of carboxylic acids is 1. The quantitative estimate of drug-likeness (QED) is 0.112. The van der Waals surface area contributed by atoms with Crippen LogP contribution in [0.15, 0.2) is 134 Å². The van der Waals surface area contributed by atoms with Gasteiger partial charge in [0.25, 0.3) is 0 Å². The van der Waals surface area contributed by atoms with E-state index in [-0.39, 0.29) is 67.1 Å². The lowest BCUT2D eigenvalue weighted by molar-refractivity contribution is -0.136. The molecule has 0 radical (unpaired) electrons. The molecule has 0 aromatic carbocycles. The summed E-state index contributed by atoms with van der Waals surface area (Å²) in [5.74, 6) is -0.516. The summed E-state index contributed by atoms with van der Waals surface area (Å²) in [5.41, 5.74) is 17.1. The summed E-state index contributed by atoms with van der Waals surface area (Å²) < 4.78 is 6.65. The molecule has 8 heterocycles. The van der Waals surface area contributed by atoms with Crippen LogP contribution in [0.4, 0.5) is 0 Å². The van der Waals surface area contributed by atoms with Gasteiger partial charge in [-0.3, -0.25) is 19.2 Å². The van der Waals surface area contributed by atoms with Gasteiger partial charge in [-0.1, -0.05) is 180 Å². The molecule has 0 saturated carbocycles. The smallest absolute Gasteiger partial charge is 0.307 e. The van der Waals surface area contributed by atoms with E-state index < -0.39 is 5.97 Å². The molecular weight excluding hydrogens is 1880 g/mol. The lowest BCUT2D eigenvalue weighted by Crippen LogP contribution is -2.14. The third-order valence-corrected chi connectivity index (χ3v) is 18.7. The SMILES string of the molecule is CC(=O)Cc1cc(Br)nc(C(C)(C)C)c1.CC(=O)c1cc(Br)nc(C(C)(C)C)c1.CC(=O)c1cc(Br)nc(C(C)(C)C)c1.CC(C)(C)c1cc(CC(=O)O)cc(Br)n1.CCc1cc(Br)nc(C(C)(C)C)c1.CCc1cc(Br)nc(C(C)(C)C)c1.Cc1cc(Br)nc(C(C)(C)C)c1.Cc1cc(Br)nc(C(C)(C)C)c1. The zero-order valence-corrected chi connectivity index (χ0v) is 82.4. The molecule has 0 aliphatic rings. The first kappa shape index (κ1) is 102. The Morgan fingerprint density at radius 3 is 0.657 bits per heavy atom. The standard InChI is InChI=1S/C12H16BrNO.C11H14BrNO2.2C11H14BrNO.2C11H16BrN.2C10H14BrN/c1-8(15)5-9-6-10(12(2,3)4)14-11(13)7-9;1-11(2,3)8-4-7(6-10(14)15)5-9(12)13-8;2*1-7(14)8-5-9(11(2,3)4)13-10(12)6-8;2*1-5-8-6-9(11(2,3)4)13-10(12)7-8;2*1-7-5-8(10(2,3)4)12-9(11)6-7/h6-7H,5H2,1-4H3;4-5H,6H2,1-3H3,(H,14,15);2*5-6H,1-4H3;2*6-7H,5H2,1-4H3;2*5-6H,1-4H3. The number of Topliss-reactive ketones (excluding diaryl/α,β-unsaturated/α-hetero) is 3. The van der Waals surface area contributed by atoms with Gasteiger partial charge >= 0.3 is 5.97 Å². The number of hydrogen-bond acceptors (Lipinski definition) is 12. The van der Waals surface area contributed by atoms with Crippen molar-refractivity contribution in [1.82, 2.24) is 39.9 Å². The Balaban J connectivity index is 0.000000618. The minimum atomic E-state index is -0.826. The average molecular weight is 2000 g/mol. The van der Waals surface area contributed by atoms with Gasteiger partial charge in [0.1, 0.15) is 42.6 Å². The number of carbonyl (C=O) groups excluding carboxylic acids is 3. The predicted molar refractivity (Wildman–Crippen MR) is 479 cm³/mol. The maximum atomic E-state index is 11.2. The molecule has 0 amide bonds. The average Bonchev–Trinajstić information content (AvgIpc) is 0.866. The van der Waals surface area contributed by atoms with Crippen LogP contribution in [-0.2, 0) is 78.6 Å². The summed E-state index contributed by atoms with van der Waals surface area (Å²) in [7, 11) is 0. The summed E-state index contributed by atoms with van der Waals surface area (Å²) in [6.07, 6.45) is 2.63. The van der Waals surface area contributed by atoms with Gasteiger partial charge in [0.15, 0.2) is 11.6 Å². The molecule has 0 bridgehead atoms. The Bertz CT molecular complexity index is 4000. The van der Waals surface area contributed by atoms with Crippen LogP contribution in [0.3, 0.4) is 0 Å². The van der Waals surface area contributed by atoms with E-state index >= 15 is 0 Å². The molecule has 0 atom stereocenters. The van der Waals surface area contributed by atoms with Crippen LogP contribution < -0.4 is 0 Å². The van der Waals surface area contributed by atoms with Crippen molar-refractivity contribution in [3.05, 3.63) is 224 Å². The van der Waals surface area contributed by atoms with Crippen LogP contribution in [0.5, 0.6) is 0 Å². The summed E-state index contributed by atoms with van der Waals surface area (Å²) in [6.45, 7) is 64.2. The van der Waals surface area contributed by atoms with Crippen LogP contribution in [-0.4, -0.2) is 68.3 Å². The molecule has 21 heteroatoms. The first-order valence-electron chi connectivity index (χ1n) is 35.9. The molecule has 0 unspecified atom stereocenters. The van der Waals surface area contributed by atoms with Crippen molar-refractivity contribution in [2.75, 3.05) is 0 Å². The van der Waals surface area contributed by atoms with Gasteiger partial charge in [0, 0.05) is 106 Å². The summed E-state index contributed by atoms with van der Waals surface area (Å²) in [5, 5.41) is 8.72.